The maximum atomic E-state index is 5.53. The lowest BCUT2D eigenvalue weighted by atomic mass is 10.1. The molecule has 0 amide bonds. The number of nitrogens with one attached hydrogen (secondary N) is 1. The van der Waals surface area contributed by atoms with E-state index in [4.69, 9.17) is 4.74 Å². The lowest BCUT2D eigenvalue weighted by Crippen LogP contribution is -2.24. The number of hydrogen-bond donors (Lipinski definition) is 1. The van der Waals surface area contributed by atoms with Crippen molar-refractivity contribution >= 4 is 11.8 Å². The Balaban J connectivity index is 2.73. The zero-order valence-corrected chi connectivity index (χ0v) is 13.3. The molecule has 0 radical (unpaired) electrons. The predicted octanol–water partition coefficient (Wildman–Crippen LogP) is 3.66. The largest absolute Gasteiger partial charge is 0.492 e. The molecule has 19 heavy (non-hydrogen) atoms. The minimum Gasteiger partial charge on any atom is -0.492 e. The maximum Gasteiger partial charge on any atom is 0.137 e. The first-order valence-corrected chi connectivity index (χ1v) is 8.15. The SMILES string of the molecule is CCCNC(CSC(C)C)c1cncc(OCC)c1. The van der Waals surface area contributed by atoms with Gasteiger partial charge in [-0.3, -0.25) is 4.98 Å². The third-order valence-electron chi connectivity index (χ3n) is 2.68. The van der Waals surface area contributed by atoms with Crippen molar-refractivity contribution in [1.82, 2.24) is 10.3 Å². The standard InChI is InChI=1S/C15H26N2OS/c1-5-7-17-15(11-19-12(3)4)13-8-14(18-6-2)10-16-9-13/h8-10,12,15,17H,5-7,11H2,1-4H3. The molecule has 1 aromatic heterocycles. The summed E-state index contributed by atoms with van der Waals surface area (Å²) in [6, 6.07) is 2.45. The predicted molar refractivity (Wildman–Crippen MR) is 84.0 cm³/mol. The molecule has 0 bridgehead atoms. The van der Waals surface area contributed by atoms with E-state index in [1.54, 1.807) is 6.20 Å². The van der Waals surface area contributed by atoms with Crippen molar-refractivity contribution < 1.29 is 4.74 Å². The van der Waals surface area contributed by atoms with E-state index in [2.05, 4.69) is 37.1 Å². The third-order valence-corrected chi connectivity index (χ3v) is 3.88. The number of hydrogen-bond acceptors (Lipinski definition) is 4. The Kier molecular flexibility index (Phi) is 7.91. The van der Waals surface area contributed by atoms with Crippen molar-refractivity contribution in [2.75, 3.05) is 18.9 Å². The van der Waals surface area contributed by atoms with Crippen molar-refractivity contribution in [1.29, 1.82) is 0 Å². The second-order valence-corrected chi connectivity index (χ2v) is 6.39. The number of nitrogens with zero attached hydrogens (tertiary/aromatic N) is 1. The molecule has 1 N–H and O–H groups in total. The van der Waals surface area contributed by atoms with Crippen molar-refractivity contribution in [3.8, 4) is 5.75 Å². The van der Waals surface area contributed by atoms with E-state index >= 15 is 0 Å². The molecule has 0 saturated heterocycles. The molecule has 1 aromatic rings. The van der Waals surface area contributed by atoms with E-state index in [-0.39, 0.29) is 0 Å². The van der Waals surface area contributed by atoms with Gasteiger partial charge in [-0.25, -0.2) is 0 Å². The second kappa shape index (κ2) is 9.21. The Morgan fingerprint density at radius 2 is 2.11 bits per heavy atom. The average molecular weight is 282 g/mol. The van der Waals surface area contributed by atoms with Gasteiger partial charge in [0.15, 0.2) is 0 Å². The van der Waals surface area contributed by atoms with Crippen molar-refractivity contribution in [3.05, 3.63) is 24.0 Å². The number of pyridine rings is 1. The van der Waals surface area contributed by atoms with Crippen LogP contribution >= 0.6 is 11.8 Å². The van der Waals surface area contributed by atoms with Crippen LogP contribution in [0.15, 0.2) is 18.5 Å². The van der Waals surface area contributed by atoms with Gasteiger partial charge >= 0.3 is 0 Å². The van der Waals surface area contributed by atoms with Crippen LogP contribution in [-0.2, 0) is 0 Å². The Hall–Kier alpha value is -0.740. The highest BCUT2D eigenvalue weighted by atomic mass is 32.2. The van der Waals surface area contributed by atoms with Crippen molar-refractivity contribution in [3.63, 3.8) is 0 Å². The summed E-state index contributed by atoms with van der Waals surface area (Å²) in [7, 11) is 0. The highest BCUT2D eigenvalue weighted by Crippen LogP contribution is 2.23. The molecule has 3 nitrogen and oxygen atoms in total. The molecular formula is C15H26N2OS. The van der Waals surface area contributed by atoms with Gasteiger partial charge in [-0.1, -0.05) is 20.8 Å². The van der Waals surface area contributed by atoms with Crippen LogP contribution in [0.25, 0.3) is 0 Å². The maximum absolute atomic E-state index is 5.53. The van der Waals surface area contributed by atoms with Gasteiger partial charge in [-0.05, 0) is 36.8 Å². The summed E-state index contributed by atoms with van der Waals surface area (Å²) in [4.78, 5) is 4.29. The first kappa shape index (κ1) is 16.3. The van der Waals surface area contributed by atoms with Crippen LogP contribution in [0.3, 0.4) is 0 Å². The Morgan fingerprint density at radius 1 is 1.32 bits per heavy atom. The lowest BCUT2D eigenvalue weighted by molar-refractivity contribution is 0.338. The zero-order chi connectivity index (χ0) is 14.1. The fourth-order valence-corrected chi connectivity index (χ4v) is 2.64. The first-order chi connectivity index (χ1) is 9.17. The van der Waals surface area contributed by atoms with Gasteiger partial charge in [-0.15, -0.1) is 0 Å². The topological polar surface area (TPSA) is 34.2 Å². The van der Waals surface area contributed by atoms with E-state index in [0.717, 1.165) is 24.5 Å². The molecular weight excluding hydrogens is 256 g/mol. The van der Waals surface area contributed by atoms with E-state index in [0.29, 0.717) is 17.9 Å². The monoisotopic (exact) mass is 282 g/mol. The van der Waals surface area contributed by atoms with Gasteiger partial charge in [0.1, 0.15) is 5.75 Å². The number of aromatic nitrogens is 1. The summed E-state index contributed by atoms with van der Waals surface area (Å²) in [6.07, 6.45) is 4.86. The molecule has 0 spiro atoms. The molecule has 0 aliphatic rings. The van der Waals surface area contributed by atoms with E-state index in [9.17, 15) is 0 Å². The Labute approximate surface area is 121 Å². The molecule has 1 atom stereocenters. The molecule has 0 fully saturated rings. The third kappa shape index (κ3) is 6.30. The van der Waals surface area contributed by atoms with Crippen LogP contribution in [0.2, 0.25) is 0 Å². The highest BCUT2D eigenvalue weighted by Gasteiger charge is 2.13. The number of ether oxygens (including phenoxy) is 1. The Morgan fingerprint density at radius 3 is 2.74 bits per heavy atom. The van der Waals surface area contributed by atoms with Crippen molar-refractivity contribution in [2.45, 2.75) is 45.4 Å². The van der Waals surface area contributed by atoms with Crippen LogP contribution < -0.4 is 10.1 Å². The van der Waals surface area contributed by atoms with E-state index in [1.807, 2.05) is 24.9 Å². The van der Waals surface area contributed by atoms with Crippen LogP contribution in [0.4, 0.5) is 0 Å². The van der Waals surface area contributed by atoms with Gasteiger partial charge < -0.3 is 10.1 Å². The number of thioether (sulfide) groups is 1. The smallest absolute Gasteiger partial charge is 0.137 e. The molecule has 1 heterocycles. The summed E-state index contributed by atoms with van der Waals surface area (Å²) in [5, 5.41) is 4.24. The van der Waals surface area contributed by atoms with E-state index < -0.39 is 0 Å². The Bertz CT molecular complexity index is 358. The molecule has 1 unspecified atom stereocenters. The van der Waals surface area contributed by atoms with Gasteiger partial charge in [0, 0.05) is 18.0 Å². The van der Waals surface area contributed by atoms with Crippen LogP contribution in [0.1, 0.15) is 45.7 Å². The quantitative estimate of drug-likeness (QED) is 0.749. The van der Waals surface area contributed by atoms with E-state index in [1.165, 1.54) is 5.56 Å². The first-order valence-electron chi connectivity index (χ1n) is 7.10. The second-order valence-electron chi connectivity index (χ2n) is 4.78. The molecule has 1 rings (SSSR count). The molecule has 0 aliphatic heterocycles. The summed E-state index contributed by atoms with van der Waals surface area (Å²) < 4.78 is 5.53. The summed E-state index contributed by atoms with van der Waals surface area (Å²) >= 11 is 1.97. The molecule has 0 aromatic carbocycles. The molecule has 108 valence electrons. The minimum atomic E-state index is 0.347. The van der Waals surface area contributed by atoms with Crippen molar-refractivity contribution in [2.24, 2.45) is 0 Å². The van der Waals surface area contributed by atoms with Crippen LogP contribution in [0, 0.1) is 0 Å². The summed E-state index contributed by atoms with van der Waals surface area (Å²) in [6.45, 7) is 10.4. The van der Waals surface area contributed by atoms with Crippen LogP contribution in [-0.4, -0.2) is 29.1 Å². The zero-order valence-electron chi connectivity index (χ0n) is 12.5. The molecule has 0 aliphatic carbocycles. The highest BCUT2D eigenvalue weighted by molar-refractivity contribution is 7.99. The summed E-state index contributed by atoms with van der Waals surface area (Å²) in [5.41, 5.74) is 1.22. The van der Waals surface area contributed by atoms with Gasteiger partial charge in [0.05, 0.1) is 12.8 Å². The number of rotatable bonds is 9. The lowest BCUT2D eigenvalue weighted by Gasteiger charge is -2.20. The molecule has 0 saturated carbocycles. The van der Waals surface area contributed by atoms with Gasteiger partial charge in [-0.2, -0.15) is 11.8 Å². The fourth-order valence-electron chi connectivity index (χ4n) is 1.75. The minimum absolute atomic E-state index is 0.347. The average Bonchev–Trinajstić information content (AvgIpc) is 2.39. The summed E-state index contributed by atoms with van der Waals surface area (Å²) in [5.74, 6) is 1.92. The fraction of sp³-hybridized carbons (Fsp3) is 0.667. The van der Waals surface area contributed by atoms with Gasteiger partial charge in [0.25, 0.3) is 0 Å². The molecule has 4 heteroatoms. The van der Waals surface area contributed by atoms with Gasteiger partial charge in [0.2, 0.25) is 0 Å². The van der Waals surface area contributed by atoms with Crippen LogP contribution in [0.5, 0.6) is 5.75 Å². The normalized spacial score (nSPS) is 12.7.